The maximum atomic E-state index is 10.6. The van der Waals surface area contributed by atoms with Crippen LogP contribution >= 0.6 is 11.3 Å². The van der Waals surface area contributed by atoms with Crippen molar-refractivity contribution in [3.63, 3.8) is 0 Å². The third-order valence-electron chi connectivity index (χ3n) is 5.28. The molecule has 0 aromatic carbocycles. The Morgan fingerprint density at radius 3 is 2.63 bits per heavy atom. The van der Waals surface area contributed by atoms with E-state index in [1.165, 1.54) is 21.6 Å². The molecular weight excluding hydrogens is 419 g/mol. The number of thiophene rings is 1. The zero-order valence-corrected chi connectivity index (χ0v) is 17.8. The quantitative estimate of drug-likeness (QED) is 0.619. The number of alkyl halides is 3. The van der Waals surface area contributed by atoms with Crippen LogP contribution in [0.5, 0.6) is 0 Å². The molecule has 11 heteroatoms. The van der Waals surface area contributed by atoms with Crippen LogP contribution in [0.1, 0.15) is 37.1 Å². The minimum absolute atomic E-state index is 0.355. The van der Waals surface area contributed by atoms with Crippen LogP contribution in [-0.2, 0) is 17.6 Å². The van der Waals surface area contributed by atoms with Gasteiger partial charge in [-0.1, -0.05) is 13.8 Å². The molecule has 0 radical (unpaired) electrons. The molecule has 0 unspecified atom stereocenters. The zero-order chi connectivity index (χ0) is 22.1. The molecule has 1 aliphatic heterocycles. The van der Waals surface area contributed by atoms with Gasteiger partial charge in [0, 0.05) is 24.5 Å². The monoisotopic (exact) mass is 445 g/mol. The number of hydrogen-bond donors (Lipinski definition) is 3. The van der Waals surface area contributed by atoms with Crippen LogP contribution in [-0.4, -0.2) is 53.4 Å². The first-order chi connectivity index (χ1) is 14.0. The van der Waals surface area contributed by atoms with Gasteiger partial charge in [0.05, 0.1) is 10.2 Å². The van der Waals surface area contributed by atoms with E-state index in [-0.39, 0.29) is 0 Å². The van der Waals surface area contributed by atoms with Gasteiger partial charge in [-0.25, -0.2) is 9.78 Å². The van der Waals surface area contributed by atoms with Gasteiger partial charge in [-0.2, -0.15) is 18.2 Å². The number of nitrogens with zero attached hydrogens (tertiary/aromatic N) is 3. The largest absolute Gasteiger partial charge is 0.490 e. The van der Waals surface area contributed by atoms with E-state index in [0.29, 0.717) is 11.4 Å². The number of carboxylic acids is 1. The number of nitrogens with one attached hydrogen (secondary N) is 1. The molecule has 2 aromatic heterocycles. The Kier molecular flexibility index (Phi) is 6.42. The number of anilines is 2. The van der Waals surface area contributed by atoms with Crippen LogP contribution in [0, 0.1) is 5.41 Å². The summed E-state index contributed by atoms with van der Waals surface area (Å²) in [4.78, 5) is 22.0. The summed E-state index contributed by atoms with van der Waals surface area (Å²) in [6.45, 7) is 8.81. The third-order valence-corrected chi connectivity index (χ3v) is 6.56. The predicted octanol–water partition coefficient (Wildman–Crippen LogP) is 3.22. The Bertz CT molecular complexity index is 921. The van der Waals surface area contributed by atoms with Crippen LogP contribution in [0.25, 0.3) is 10.2 Å². The van der Waals surface area contributed by atoms with Gasteiger partial charge in [-0.15, -0.1) is 11.3 Å². The highest BCUT2D eigenvalue weighted by Crippen LogP contribution is 2.44. The number of carboxylic acid groups (broad SMARTS) is 1. The topological polar surface area (TPSA) is 104 Å². The van der Waals surface area contributed by atoms with Crippen molar-refractivity contribution in [2.45, 2.75) is 45.7 Å². The van der Waals surface area contributed by atoms with E-state index >= 15 is 0 Å². The second-order valence-corrected chi connectivity index (χ2v) is 9.43. The van der Waals surface area contributed by atoms with Crippen molar-refractivity contribution < 1.29 is 23.1 Å². The number of aromatic nitrogens is 2. The van der Waals surface area contributed by atoms with Gasteiger partial charge in [0.2, 0.25) is 5.95 Å². The maximum Gasteiger partial charge on any atom is 0.490 e. The lowest BCUT2D eigenvalue weighted by Crippen LogP contribution is -2.29. The fourth-order valence-corrected chi connectivity index (χ4v) is 5.02. The lowest BCUT2D eigenvalue weighted by atomic mass is 9.77. The molecule has 0 saturated carbocycles. The summed E-state index contributed by atoms with van der Waals surface area (Å²) in [6.07, 6.45) is -0.438. The molecule has 1 aliphatic carbocycles. The molecule has 1 fully saturated rings. The molecule has 0 spiro atoms. The number of nitrogens with two attached hydrogens (primary N) is 1. The molecule has 0 bridgehead atoms. The molecule has 7 nitrogen and oxygen atoms in total. The maximum absolute atomic E-state index is 10.6. The number of aliphatic carboxylic acids is 1. The van der Waals surface area contributed by atoms with Crippen molar-refractivity contribution in [1.82, 2.24) is 15.3 Å². The molecule has 4 rings (SSSR count). The number of carbonyl (C=O) groups is 1. The number of nitrogen functional groups attached to an aromatic ring is 1. The van der Waals surface area contributed by atoms with Gasteiger partial charge in [0.25, 0.3) is 0 Å². The molecule has 2 aliphatic rings. The average molecular weight is 446 g/mol. The number of aryl methyl sites for hydroxylation is 1. The number of halogens is 3. The van der Waals surface area contributed by atoms with Crippen molar-refractivity contribution in [2.24, 2.45) is 5.41 Å². The summed E-state index contributed by atoms with van der Waals surface area (Å²) in [6, 6.07) is 0. The molecule has 4 N–H and O–H groups in total. The molecule has 3 heterocycles. The standard InChI is InChI=1S/C17H25N5S.C2HF3O2/c1-17(2)5-4-12-11(10-17)13-14(23-12)15(21-16(18)20-13)22-8-3-6-19-7-9-22;3-2(4,5)1(6)7/h19H,3-10H2,1-2H3,(H2,18,20,21);(H,6,7). The fourth-order valence-electron chi connectivity index (χ4n) is 3.75. The highest BCUT2D eigenvalue weighted by molar-refractivity contribution is 7.19. The number of hydrogen-bond acceptors (Lipinski definition) is 7. The van der Waals surface area contributed by atoms with Gasteiger partial charge in [-0.05, 0) is 43.2 Å². The van der Waals surface area contributed by atoms with Crippen molar-refractivity contribution in [2.75, 3.05) is 36.8 Å². The van der Waals surface area contributed by atoms with E-state index in [4.69, 9.17) is 15.6 Å². The summed E-state index contributed by atoms with van der Waals surface area (Å²) in [7, 11) is 0. The summed E-state index contributed by atoms with van der Waals surface area (Å²) in [5.41, 5.74) is 8.95. The smallest absolute Gasteiger partial charge is 0.475 e. The number of rotatable bonds is 1. The second kappa shape index (κ2) is 8.54. The Hall–Kier alpha value is -2.14. The van der Waals surface area contributed by atoms with Gasteiger partial charge in [0.15, 0.2) is 5.82 Å². The molecule has 0 atom stereocenters. The van der Waals surface area contributed by atoms with E-state index < -0.39 is 12.1 Å². The van der Waals surface area contributed by atoms with Crippen molar-refractivity contribution >= 4 is 39.3 Å². The van der Waals surface area contributed by atoms with Crippen LogP contribution < -0.4 is 16.0 Å². The highest BCUT2D eigenvalue weighted by atomic mass is 32.1. The molecule has 30 heavy (non-hydrogen) atoms. The second-order valence-electron chi connectivity index (χ2n) is 8.32. The minimum Gasteiger partial charge on any atom is -0.475 e. The van der Waals surface area contributed by atoms with Crippen molar-refractivity contribution in [3.8, 4) is 0 Å². The third kappa shape index (κ3) is 5.12. The highest BCUT2D eigenvalue weighted by Gasteiger charge is 2.38. The van der Waals surface area contributed by atoms with Crippen LogP contribution in [0.15, 0.2) is 0 Å². The first-order valence-corrected chi connectivity index (χ1v) is 10.6. The van der Waals surface area contributed by atoms with Crippen molar-refractivity contribution in [3.05, 3.63) is 10.4 Å². The van der Waals surface area contributed by atoms with E-state index in [2.05, 4.69) is 34.0 Å². The first kappa shape index (κ1) is 22.5. The summed E-state index contributed by atoms with van der Waals surface area (Å²) in [5, 5.41) is 10.6. The zero-order valence-electron chi connectivity index (χ0n) is 17.0. The van der Waals surface area contributed by atoms with Crippen molar-refractivity contribution in [1.29, 1.82) is 0 Å². The molecule has 166 valence electrons. The van der Waals surface area contributed by atoms with Gasteiger partial charge < -0.3 is 21.1 Å². The normalized spacial score (nSPS) is 18.9. The van der Waals surface area contributed by atoms with Crippen LogP contribution in [0.3, 0.4) is 0 Å². The van der Waals surface area contributed by atoms with Gasteiger partial charge in [0.1, 0.15) is 0 Å². The minimum atomic E-state index is -5.08. The Labute approximate surface area is 176 Å². The molecular formula is C19H26F3N5O2S. The first-order valence-electron chi connectivity index (χ1n) is 9.81. The van der Waals surface area contributed by atoms with E-state index in [1.54, 1.807) is 0 Å². The molecule has 0 amide bonds. The lowest BCUT2D eigenvalue weighted by Gasteiger charge is -2.29. The van der Waals surface area contributed by atoms with Crippen LogP contribution in [0.4, 0.5) is 24.9 Å². The number of fused-ring (bicyclic) bond motifs is 3. The lowest BCUT2D eigenvalue weighted by molar-refractivity contribution is -0.192. The van der Waals surface area contributed by atoms with Crippen LogP contribution in [0.2, 0.25) is 0 Å². The Morgan fingerprint density at radius 1 is 1.27 bits per heavy atom. The summed E-state index contributed by atoms with van der Waals surface area (Å²) < 4.78 is 33.0. The Morgan fingerprint density at radius 2 is 1.97 bits per heavy atom. The van der Waals surface area contributed by atoms with Gasteiger partial charge in [-0.3, -0.25) is 0 Å². The SMILES string of the molecule is CC1(C)CCc2sc3c(N4CCCNCC4)nc(N)nc3c2C1.O=C(O)C(F)(F)F. The summed E-state index contributed by atoms with van der Waals surface area (Å²) in [5.74, 6) is -1.30. The molecule has 1 saturated heterocycles. The van der Waals surface area contributed by atoms with E-state index in [9.17, 15) is 13.2 Å². The van der Waals surface area contributed by atoms with Gasteiger partial charge >= 0.3 is 12.1 Å². The average Bonchev–Trinajstić information content (AvgIpc) is 2.82. The fraction of sp³-hybridized carbons (Fsp3) is 0.632. The molecule has 2 aromatic rings. The van der Waals surface area contributed by atoms with E-state index in [0.717, 1.165) is 56.8 Å². The Balaban J connectivity index is 0.000000318. The summed E-state index contributed by atoms with van der Waals surface area (Å²) >= 11 is 1.89. The predicted molar refractivity (Wildman–Crippen MR) is 111 cm³/mol. The van der Waals surface area contributed by atoms with E-state index in [1.807, 2.05) is 11.3 Å².